The average Bonchev–Trinajstić information content (AvgIpc) is 2.10. The van der Waals surface area contributed by atoms with Crippen LogP contribution in [-0.4, -0.2) is 56.9 Å². The van der Waals surface area contributed by atoms with Crippen LogP contribution < -0.4 is 0 Å². The number of Topliss-reactive ketones (excluding diaryl/α,β-unsaturated/α-hetero) is 1. The molecule has 1 heterocycles. The van der Waals surface area contributed by atoms with Crippen molar-refractivity contribution >= 4 is 5.78 Å². The molecule has 6 heteroatoms. The van der Waals surface area contributed by atoms with Gasteiger partial charge in [0.05, 0.1) is 6.10 Å². The summed E-state index contributed by atoms with van der Waals surface area (Å²) in [5.74, 6) is -0.232. The monoisotopic (exact) mass is 206 g/mol. The fourth-order valence-corrected chi connectivity index (χ4v) is 1.38. The van der Waals surface area contributed by atoms with Crippen LogP contribution in [0.4, 0.5) is 0 Å². The van der Waals surface area contributed by atoms with Crippen molar-refractivity contribution in [3.8, 4) is 0 Å². The van der Waals surface area contributed by atoms with Gasteiger partial charge in [-0.25, -0.2) is 0 Å². The van der Waals surface area contributed by atoms with Crippen LogP contribution in [0.2, 0.25) is 0 Å². The van der Waals surface area contributed by atoms with Crippen molar-refractivity contribution in [2.45, 2.75) is 44.1 Å². The molecule has 14 heavy (non-hydrogen) atoms. The Kier molecular flexibility index (Phi) is 3.57. The average molecular weight is 206 g/mol. The molecule has 1 aliphatic heterocycles. The van der Waals surface area contributed by atoms with Gasteiger partial charge in [-0.3, -0.25) is 4.79 Å². The highest BCUT2D eigenvalue weighted by Gasteiger charge is 2.43. The van der Waals surface area contributed by atoms with Gasteiger partial charge in [0, 0.05) is 6.42 Å². The molecule has 1 aliphatic rings. The molecule has 82 valence electrons. The second-order valence-electron chi connectivity index (χ2n) is 3.44. The molecular formula is C8H14O6. The van der Waals surface area contributed by atoms with Crippen LogP contribution in [0.3, 0.4) is 0 Å². The number of aliphatic hydroxyl groups is 4. The maximum absolute atomic E-state index is 10.7. The Morgan fingerprint density at radius 1 is 1.14 bits per heavy atom. The summed E-state index contributed by atoms with van der Waals surface area (Å²) in [6.07, 6.45) is -7.06. The summed E-state index contributed by atoms with van der Waals surface area (Å²) in [5, 5.41) is 36.8. The minimum Gasteiger partial charge on any atom is -0.388 e. The van der Waals surface area contributed by atoms with Crippen LogP contribution in [-0.2, 0) is 9.53 Å². The number of hydrogen-bond acceptors (Lipinski definition) is 6. The highest BCUT2D eigenvalue weighted by atomic mass is 16.6. The first-order valence-corrected chi connectivity index (χ1v) is 4.30. The van der Waals surface area contributed by atoms with E-state index >= 15 is 0 Å². The third kappa shape index (κ3) is 2.28. The van der Waals surface area contributed by atoms with Gasteiger partial charge in [-0.1, -0.05) is 0 Å². The van der Waals surface area contributed by atoms with E-state index in [1.165, 1.54) is 6.92 Å². The van der Waals surface area contributed by atoms with Crippen LogP contribution in [0.25, 0.3) is 0 Å². The molecule has 0 amide bonds. The zero-order chi connectivity index (χ0) is 10.9. The van der Waals surface area contributed by atoms with E-state index in [-0.39, 0.29) is 12.2 Å². The van der Waals surface area contributed by atoms with Crippen LogP contribution in [0.1, 0.15) is 13.3 Å². The lowest BCUT2D eigenvalue weighted by atomic mass is 9.96. The molecule has 4 N–H and O–H groups in total. The number of carbonyl (C=O) groups is 1. The molecule has 0 aliphatic carbocycles. The normalized spacial score (nSPS) is 43.6. The molecule has 1 saturated heterocycles. The summed E-state index contributed by atoms with van der Waals surface area (Å²) in [7, 11) is 0. The third-order valence-corrected chi connectivity index (χ3v) is 2.18. The van der Waals surface area contributed by atoms with Crippen LogP contribution in [0, 0.1) is 0 Å². The molecule has 0 spiro atoms. The number of hydrogen-bond donors (Lipinski definition) is 4. The molecule has 0 aromatic heterocycles. The molecule has 0 aromatic rings. The van der Waals surface area contributed by atoms with Crippen molar-refractivity contribution in [3.05, 3.63) is 0 Å². The van der Waals surface area contributed by atoms with Crippen LogP contribution >= 0.6 is 0 Å². The fraction of sp³-hybridized carbons (Fsp3) is 0.875. The topological polar surface area (TPSA) is 107 Å². The first kappa shape index (κ1) is 11.5. The van der Waals surface area contributed by atoms with Crippen LogP contribution in [0.5, 0.6) is 0 Å². The van der Waals surface area contributed by atoms with Crippen molar-refractivity contribution < 1.29 is 30.0 Å². The summed E-state index contributed by atoms with van der Waals surface area (Å²) in [5.41, 5.74) is 0. The molecule has 0 bridgehead atoms. The molecule has 5 atom stereocenters. The van der Waals surface area contributed by atoms with E-state index in [9.17, 15) is 15.0 Å². The zero-order valence-electron chi connectivity index (χ0n) is 7.70. The van der Waals surface area contributed by atoms with E-state index < -0.39 is 30.7 Å². The molecule has 1 fully saturated rings. The van der Waals surface area contributed by atoms with E-state index in [0.717, 1.165) is 0 Å². The minimum atomic E-state index is -1.57. The van der Waals surface area contributed by atoms with Gasteiger partial charge >= 0.3 is 0 Å². The first-order valence-electron chi connectivity index (χ1n) is 4.30. The van der Waals surface area contributed by atoms with E-state index in [4.69, 9.17) is 14.9 Å². The smallest absolute Gasteiger partial charge is 0.183 e. The molecule has 0 unspecified atom stereocenters. The highest BCUT2D eigenvalue weighted by Crippen LogP contribution is 2.21. The zero-order valence-corrected chi connectivity index (χ0v) is 7.70. The van der Waals surface area contributed by atoms with E-state index in [1.54, 1.807) is 0 Å². The van der Waals surface area contributed by atoms with Crippen molar-refractivity contribution in [2.24, 2.45) is 0 Å². The molecule has 6 nitrogen and oxygen atoms in total. The van der Waals surface area contributed by atoms with Crippen molar-refractivity contribution in [1.29, 1.82) is 0 Å². The van der Waals surface area contributed by atoms with Crippen molar-refractivity contribution in [3.63, 3.8) is 0 Å². The van der Waals surface area contributed by atoms with Gasteiger partial charge in [0.25, 0.3) is 0 Å². The minimum absolute atomic E-state index is 0.109. The number of aliphatic hydroxyl groups excluding tert-OH is 4. The molecule has 0 saturated carbocycles. The van der Waals surface area contributed by atoms with Gasteiger partial charge in [0.2, 0.25) is 0 Å². The summed E-state index contributed by atoms with van der Waals surface area (Å²) in [6, 6.07) is 0. The van der Waals surface area contributed by atoms with Crippen molar-refractivity contribution in [1.82, 2.24) is 0 Å². The fourth-order valence-electron chi connectivity index (χ4n) is 1.38. The quantitative estimate of drug-likeness (QED) is 0.407. The summed E-state index contributed by atoms with van der Waals surface area (Å²) in [4.78, 5) is 10.7. The maximum atomic E-state index is 10.7. The second-order valence-corrected chi connectivity index (χ2v) is 3.44. The molecule has 0 aromatic carbocycles. The number of rotatable bonds is 2. The lowest BCUT2D eigenvalue weighted by Gasteiger charge is -2.37. The Labute approximate surface area is 80.7 Å². The lowest BCUT2D eigenvalue weighted by Crippen LogP contribution is -2.57. The Balaban J connectivity index is 2.65. The van der Waals surface area contributed by atoms with E-state index in [0.29, 0.717) is 0 Å². The largest absolute Gasteiger partial charge is 0.388 e. The molecule has 1 rings (SSSR count). The predicted molar refractivity (Wildman–Crippen MR) is 44.2 cm³/mol. The third-order valence-electron chi connectivity index (χ3n) is 2.18. The Bertz CT molecular complexity index is 218. The van der Waals surface area contributed by atoms with Gasteiger partial charge in [0.1, 0.15) is 24.1 Å². The lowest BCUT2D eigenvalue weighted by molar-refractivity contribution is -0.281. The number of ether oxygens (including phenoxy) is 1. The van der Waals surface area contributed by atoms with Crippen LogP contribution in [0.15, 0.2) is 0 Å². The van der Waals surface area contributed by atoms with Gasteiger partial charge in [-0.2, -0.15) is 0 Å². The number of ketones is 1. The summed E-state index contributed by atoms with van der Waals surface area (Å²) >= 11 is 0. The van der Waals surface area contributed by atoms with Gasteiger partial charge in [-0.05, 0) is 6.92 Å². The Hall–Kier alpha value is -0.530. The maximum Gasteiger partial charge on any atom is 0.183 e. The van der Waals surface area contributed by atoms with Crippen molar-refractivity contribution in [2.75, 3.05) is 0 Å². The van der Waals surface area contributed by atoms with E-state index in [2.05, 4.69) is 0 Å². The van der Waals surface area contributed by atoms with E-state index in [1.807, 2.05) is 0 Å². The Morgan fingerprint density at radius 2 is 1.71 bits per heavy atom. The second kappa shape index (κ2) is 4.33. The summed E-state index contributed by atoms with van der Waals surface area (Å²) in [6.45, 7) is 1.31. The van der Waals surface area contributed by atoms with Gasteiger partial charge in [0.15, 0.2) is 6.29 Å². The molecule has 0 radical (unpaired) electrons. The highest BCUT2D eigenvalue weighted by molar-refractivity contribution is 5.76. The standard InChI is InChI=1S/C8H14O6/c1-3(9)2-4-5(10)6(11)7(12)8(13)14-4/h4-8,10-13H,2H2,1H3/t4-,5-,6+,7-,8+/m1/s1. The first-order chi connectivity index (χ1) is 6.43. The Morgan fingerprint density at radius 3 is 2.21 bits per heavy atom. The predicted octanol–water partition coefficient (Wildman–Crippen LogP) is -2.23. The number of carbonyl (C=O) groups excluding carboxylic acids is 1. The SMILES string of the molecule is CC(=O)C[C@H]1O[C@H](O)[C@H](O)[C@@H](O)[C@@H]1O. The van der Waals surface area contributed by atoms with Gasteiger partial charge < -0.3 is 25.2 Å². The molecular weight excluding hydrogens is 192 g/mol. The summed E-state index contributed by atoms with van der Waals surface area (Å²) < 4.78 is 4.77. The van der Waals surface area contributed by atoms with Gasteiger partial charge in [-0.15, -0.1) is 0 Å².